The number of hydrogen-bond acceptors (Lipinski definition) is 4. The number of esters is 1. The lowest BCUT2D eigenvalue weighted by molar-refractivity contribution is -0.144. The molecule has 0 spiro atoms. The monoisotopic (exact) mass is 376 g/mol. The Balaban J connectivity index is 1.74. The number of carbonyl (C=O) groups is 1. The molecule has 4 nitrogen and oxygen atoms in total. The molecule has 2 aromatic carbocycles. The molecule has 0 saturated carbocycles. The maximum atomic E-state index is 12.1. The summed E-state index contributed by atoms with van der Waals surface area (Å²) in [5.74, 6) is 3.20. The normalized spacial score (nSPS) is 19.7. The van der Waals surface area contributed by atoms with Crippen molar-refractivity contribution < 1.29 is 9.53 Å². The number of nitrogen functional groups attached to an aromatic ring is 1. The molecule has 1 aliphatic heterocycles. The summed E-state index contributed by atoms with van der Waals surface area (Å²) >= 11 is 0. The van der Waals surface area contributed by atoms with Crippen LogP contribution < -0.4 is 5.73 Å². The zero-order valence-corrected chi connectivity index (χ0v) is 16.4. The molecule has 3 rings (SSSR count). The van der Waals surface area contributed by atoms with Crippen LogP contribution in [0.5, 0.6) is 0 Å². The second-order valence-electron chi connectivity index (χ2n) is 7.51. The van der Waals surface area contributed by atoms with E-state index in [2.05, 4.69) is 35.1 Å². The van der Waals surface area contributed by atoms with Gasteiger partial charge in [-0.15, -0.1) is 6.42 Å². The van der Waals surface area contributed by atoms with Crippen molar-refractivity contribution in [1.29, 1.82) is 0 Å². The first-order chi connectivity index (χ1) is 13.6. The maximum absolute atomic E-state index is 12.1. The van der Waals surface area contributed by atoms with Gasteiger partial charge in [0.05, 0.1) is 6.61 Å². The molecule has 0 amide bonds. The Morgan fingerprint density at radius 1 is 1.18 bits per heavy atom. The van der Waals surface area contributed by atoms with Crippen LogP contribution >= 0.6 is 0 Å². The van der Waals surface area contributed by atoms with Gasteiger partial charge in [0, 0.05) is 37.3 Å². The number of anilines is 1. The summed E-state index contributed by atoms with van der Waals surface area (Å²) in [4.78, 5) is 14.5. The van der Waals surface area contributed by atoms with Crippen LogP contribution in [0.25, 0.3) is 0 Å². The van der Waals surface area contributed by atoms with E-state index in [-0.39, 0.29) is 11.9 Å². The van der Waals surface area contributed by atoms with Crippen molar-refractivity contribution in [3.8, 4) is 12.3 Å². The number of carbonyl (C=O) groups excluding carboxylic acids is 1. The minimum Gasteiger partial charge on any atom is -0.466 e. The predicted octanol–water partition coefficient (Wildman–Crippen LogP) is 3.81. The first kappa shape index (κ1) is 20.0. The second kappa shape index (κ2) is 9.43. The van der Waals surface area contributed by atoms with Crippen molar-refractivity contribution in [2.75, 3.05) is 25.4 Å². The number of nitrogens with zero attached hydrogens (tertiary/aromatic N) is 1. The average molecular weight is 377 g/mol. The Hall–Kier alpha value is -2.77. The van der Waals surface area contributed by atoms with E-state index in [0.717, 1.165) is 37.3 Å². The Labute approximate surface area is 167 Å². The molecule has 4 heteroatoms. The Bertz CT molecular complexity index is 821. The first-order valence-electron chi connectivity index (χ1n) is 9.86. The smallest absolute Gasteiger partial charge is 0.306 e. The summed E-state index contributed by atoms with van der Waals surface area (Å²) < 4.78 is 5.19. The van der Waals surface area contributed by atoms with Crippen LogP contribution in [0.4, 0.5) is 5.69 Å². The van der Waals surface area contributed by atoms with Gasteiger partial charge in [-0.25, -0.2) is 0 Å². The van der Waals surface area contributed by atoms with Gasteiger partial charge in [0.25, 0.3) is 0 Å². The summed E-state index contributed by atoms with van der Waals surface area (Å²) in [6, 6.07) is 16.2. The van der Waals surface area contributed by atoms with Gasteiger partial charge < -0.3 is 10.5 Å². The van der Waals surface area contributed by atoms with E-state index in [0.29, 0.717) is 18.9 Å². The predicted molar refractivity (Wildman–Crippen MR) is 113 cm³/mol. The summed E-state index contributed by atoms with van der Waals surface area (Å²) in [6.45, 7) is 4.97. The van der Waals surface area contributed by atoms with Crippen molar-refractivity contribution in [3.05, 3.63) is 65.2 Å². The van der Waals surface area contributed by atoms with Gasteiger partial charge in [-0.05, 0) is 60.6 Å². The molecule has 0 radical (unpaired) electrons. The molecule has 2 N–H and O–H groups in total. The fourth-order valence-electron chi connectivity index (χ4n) is 4.01. The third-order valence-corrected chi connectivity index (χ3v) is 5.31. The Kier molecular flexibility index (Phi) is 6.73. The lowest BCUT2D eigenvalue weighted by Crippen LogP contribution is -2.40. The standard InChI is InChI=1S/C24H28N2O2/c1-3-18-5-7-19(8-6-18)15-26-16-20(14-24(27)28-4-2)13-22(17-26)21-9-11-23(25)12-10-21/h1,5-12,20,22H,4,13-17,25H2,2H3/t20-,22+/m0/s1. The van der Waals surface area contributed by atoms with Gasteiger partial charge >= 0.3 is 5.97 Å². The third kappa shape index (κ3) is 5.37. The quantitative estimate of drug-likeness (QED) is 0.473. The van der Waals surface area contributed by atoms with E-state index in [1.54, 1.807) is 0 Å². The second-order valence-corrected chi connectivity index (χ2v) is 7.51. The number of piperidine rings is 1. The van der Waals surface area contributed by atoms with Gasteiger partial charge in [0.1, 0.15) is 0 Å². The topological polar surface area (TPSA) is 55.6 Å². The highest BCUT2D eigenvalue weighted by Crippen LogP contribution is 2.33. The maximum Gasteiger partial charge on any atom is 0.306 e. The van der Waals surface area contributed by atoms with Crippen LogP contribution in [0.3, 0.4) is 0 Å². The SMILES string of the molecule is C#Cc1ccc(CN2C[C@H](CC(=O)OCC)C[C@@H](c3ccc(N)cc3)C2)cc1. The van der Waals surface area contributed by atoms with Crippen LogP contribution in [-0.2, 0) is 16.1 Å². The number of rotatable bonds is 6. The molecule has 1 heterocycles. The van der Waals surface area contributed by atoms with Crippen LogP contribution in [0, 0.1) is 18.3 Å². The number of ether oxygens (including phenoxy) is 1. The molecule has 0 aromatic heterocycles. The first-order valence-corrected chi connectivity index (χ1v) is 9.86. The van der Waals surface area contributed by atoms with Crippen molar-refractivity contribution in [3.63, 3.8) is 0 Å². The zero-order valence-electron chi connectivity index (χ0n) is 16.4. The van der Waals surface area contributed by atoms with Crippen LogP contribution in [0.15, 0.2) is 48.5 Å². The Morgan fingerprint density at radius 2 is 1.89 bits per heavy atom. The van der Waals surface area contributed by atoms with Crippen molar-refractivity contribution in [1.82, 2.24) is 4.90 Å². The van der Waals surface area contributed by atoms with E-state index in [1.807, 2.05) is 31.2 Å². The molecule has 0 bridgehead atoms. The fraction of sp³-hybridized carbons (Fsp3) is 0.375. The molecule has 1 aliphatic rings. The third-order valence-electron chi connectivity index (χ3n) is 5.31. The van der Waals surface area contributed by atoms with Crippen LogP contribution in [0.1, 0.15) is 42.4 Å². The van der Waals surface area contributed by atoms with Gasteiger partial charge in [0.15, 0.2) is 0 Å². The number of hydrogen-bond donors (Lipinski definition) is 1. The van der Waals surface area contributed by atoms with Crippen molar-refractivity contribution in [2.24, 2.45) is 5.92 Å². The Morgan fingerprint density at radius 3 is 2.54 bits per heavy atom. The van der Waals surface area contributed by atoms with Crippen LogP contribution in [-0.4, -0.2) is 30.6 Å². The van der Waals surface area contributed by atoms with Crippen molar-refractivity contribution >= 4 is 11.7 Å². The highest BCUT2D eigenvalue weighted by Gasteiger charge is 2.30. The molecule has 2 atom stereocenters. The van der Waals surface area contributed by atoms with Gasteiger partial charge in [-0.2, -0.15) is 0 Å². The molecule has 1 saturated heterocycles. The molecular formula is C24H28N2O2. The minimum atomic E-state index is -0.108. The lowest BCUT2D eigenvalue weighted by atomic mass is 9.83. The van der Waals surface area contributed by atoms with Gasteiger partial charge in [-0.3, -0.25) is 9.69 Å². The minimum absolute atomic E-state index is 0.108. The summed E-state index contributed by atoms with van der Waals surface area (Å²) in [7, 11) is 0. The molecule has 0 unspecified atom stereocenters. The summed E-state index contributed by atoms with van der Waals surface area (Å²) in [5.41, 5.74) is 10.0. The number of terminal acetylenes is 1. The number of nitrogens with two attached hydrogens (primary N) is 1. The van der Waals surface area contributed by atoms with E-state index < -0.39 is 0 Å². The van der Waals surface area contributed by atoms with E-state index in [1.165, 1.54) is 11.1 Å². The van der Waals surface area contributed by atoms with Crippen LogP contribution in [0.2, 0.25) is 0 Å². The lowest BCUT2D eigenvalue weighted by Gasteiger charge is -2.38. The molecule has 2 aromatic rings. The zero-order chi connectivity index (χ0) is 19.9. The molecule has 1 fully saturated rings. The molecule has 0 aliphatic carbocycles. The molecule has 28 heavy (non-hydrogen) atoms. The van der Waals surface area contributed by atoms with Gasteiger partial charge in [-0.1, -0.05) is 30.2 Å². The van der Waals surface area contributed by atoms with E-state index in [4.69, 9.17) is 16.9 Å². The van der Waals surface area contributed by atoms with Gasteiger partial charge in [0.2, 0.25) is 0 Å². The highest BCUT2D eigenvalue weighted by atomic mass is 16.5. The fourth-order valence-corrected chi connectivity index (χ4v) is 4.01. The molecule has 146 valence electrons. The van der Waals surface area contributed by atoms with E-state index in [9.17, 15) is 4.79 Å². The number of likely N-dealkylation sites (tertiary alicyclic amines) is 1. The highest BCUT2D eigenvalue weighted by molar-refractivity contribution is 5.69. The van der Waals surface area contributed by atoms with Crippen molar-refractivity contribution in [2.45, 2.75) is 32.2 Å². The summed E-state index contributed by atoms with van der Waals surface area (Å²) in [5, 5.41) is 0. The largest absolute Gasteiger partial charge is 0.466 e. The number of benzene rings is 2. The average Bonchev–Trinajstić information content (AvgIpc) is 2.69. The molecular weight excluding hydrogens is 348 g/mol. The summed E-state index contributed by atoms with van der Waals surface area (Å²) in [6.07, 6.45) is 6.90. The van der Waals surface area contributed by atoms with E-state index >= 15 is 0 Å².